The van der Waals surface area contributed by atoms with Crippen molar-refractivity contribution >= 4 is 23.4 Å². The third kappa shape index (κ3) is 3.65. The molecule has 1 unspecified atom stereocenters. The summed E-state index contributed by atoms with van der Waals surface area (Å²) in [7, 11) is 0. The van der Waals surface area contributed by atoms with E-state index in [0.717, 1.165) is 0 Å². The summed E-state index contributed by atoms with van der Waals surface area (Å²) in [5.41, 5.74) is 0.964. The van der Waals surface area contributed by atoms with Crippen LogP contribution in [0.2, 0.25) is 0 Å². The number of anilines is 1. The fourth-order valence-corrected chi connectivity index (χ4v) is 2.76. The van der Waals surface area contributed by atoms with Gasteiger partial charge in [-0.2, -0.15) is 5.26 Å². The number of carbonyl (C=O) groups is 1. The molecule has 114 valence electrons. The van der Waals surface area contributed by atoms with E-state index in [1.54, 1.807) is 37.5 Å². The van der Waals surface area contributed by atoms with Crippen molar-refractivity contribution in [1.29, 1.82) is 5.26 Å². The van der Waals surface area contributed by atoms with Crippen molar-refractivity contribution in [2.75, 3.05) is 5.32 Å². The summed E-state index contributed by atoms with van der Waals surface area (Å²) in [6.07, 6.45) is 1.66. The van der Waals surface area contributed by atoms with Crippen LogP contribution in [0.1, 0.15) is 32.4 Å². The van der Waals surface area contributed by atoms with E-state index in [9.17, 15) is 4.79 Å². The Morgan fingerprint density at radius 1 is 1.36 bits per heavy atom. The quantitative estimate of drug-likeness (QED) is 0.858. The molecule has 0 aliphatic carbocycles. The van der Waals surface area contributed by atoms with Crippen LogP contribution < -0.4 is 5.32 Å². The van der Waals surface area contributed by atoms with Crippen LogP contribution in [0, 0.1) is 11.3 Å². The van der Waals surface area contributed by atoms with Gasteiger partial charge in [0.25, 0.3) is 0 Å². The fourth-order valence-electron chi connectivity index (χ4n) is 1.81. The van der Waals surface area contributed by atoms with Gasteiger partial charge < -0.3 is 9.88 Å². The van der Waals surface area contributed by atoms with Gasteiger partial charge in [0.2, 0.25) is 5.91 Å². The van der Waals surface area contributed by atoms with E-state index in [4.69, 9.17) is 5.26 Å². The van der Waals surface area contributed by atoms with Crippen molar-refractivity contribution in [3.05, 3.63) is 36.2 Å². The molecular weight excluding hydrogens is 298 g/mol. The number of nitriles is 1. The van der Waals surface area contributed by atoms with Crippen molar-refractivity contribution in [2.45, 2.75) is 37.2 Å². The van der Waals surface area contributed by atoms with Crippen molar-refractivity contribution < 1.29 is 4.79 Å². The lowest BCUT2D eigenvalue weighted by molar-refractivity contribution is -0.115. The molecule has 1 aromatic carbocycles. The third-order valence-corrected chi connectivity index (χ3v) is 4.12. The van der Waals surface area contributed by atoms with Gasteiger partial charge in [-0.15, -0.1) is 10.2 Å². The summed E-state index contributed by atoms with van der Waals surface area (Å²) in [5, 5.41) is 20.1. The van der Waals surface area contributed by atoms with Gasteiger partial charge in [0.05, 0.1) is 16.5 Å². The fraction of sp³-hybridized carbons (Fsp3) is 0.333. The maximum atomic E-state index is 12.3. The minimum atomic E-state index is -0.353. The minimum absolute atomic E-state index is 0.175. The second kappa shape index (κ2) is 7.09. The molecule has 0 bridgehead atoms. The van der Waals surface area contributed by atoms with Crippen LogP contribution in [0.4, 0.5) is 5.69 Å². The van der Waals surface area contributed by atoms with Gasteiger partial charge in [-0.25, -0.2) is 0 Å². The number of nitrogens with zero attached hydrogens (tertiary/aromatic N) is 4. The van der Waals surface area contributed by atoms with E-state index in [-0.39, 0.29) is 17.2 Å². The monoisotopic (exact) mass is 315 g/mol. The topological polar surface area (TPSA) is 83.6 Å². The van der Waals surface area contributed by atoms with Crippen molar-refractivity contribution in [1.82, 2.24) is 14.8 Å². The maximum absolute atomic E-state index is 12.3. The van der Waals surface area contributed by atoms with Gasteiger partial charge in [-0.1, -0.05) is 23.9 Å². The number of para-hydroxylation sites is 1. The van der Waals surface area contributed by atoms with Crippen LogP contribution in [0.25, 0.3) is 0 Å². The SMILES string of the molecule is CC(Sc1nncn1C(C)C)C(=O)Nc1ccccc1C#N. The summed E-state index contributed by atoms with van der Waals surface area (Å²) in [5.74, 6) is -0.175. The zero-order chi connectivity index (χ0) is 16.1. The highest BCUT2D eigenvalue weighted by Gasteiger charge is 2.19. The standard InChI is InChI=1S/C15H17N5OS/c1-10(2)20-9-17-19-15(20)22-11(3)14(21)18-13-7-5-4-6-12(13)8-16/h4-7,9-11H,1-3H3,(H,18,21). The highest BCUT2D eigenvalue weighted by molar-refractivity contribution is 8.00. The first-order valence-electron chi connectivity index (χ1n) is 6.89. The van der Waals surface area contributed by atoms with Gasteiger partial charge in [-0.3, -0.25) is 4.79 Å². The smallest absolute Gasteiger partial charge is 0.237 e. The average Bonchev–Trinajstić information content (AvgIpc) is 2.96. The molecule has 0 radical (unpaired) electrons. The summed E-state index contributed by atoms with van der Waals surface area (Å²) in [6, 6.07) is 9.22. The Morgan fingerprint density at radius 3 is 2.77 bits per heavy atom. The largest absolute Gasteiger partial charge is 0.324 e. The molecule has 1 amide bonds. The van der Waals surface area contributed by atoms with E-state index >= 15 is 0 Å². The van der Waals surface area contributed by atoms with Crippen LogP contribution in [0.5, 0.6) is 0 Å². The zero-order valence-corrected chi connectivity index (χ0v) is 13.5. The highest BCUT2D eigenvalue weighted by Crippen LogP contribution is 2.24. The van der Waals surface area contributed by atoms with Gasteiger partial charge in [-0.05, 0) is 32.9 Å². The highest BCUT2D eigenvalue weighted by atomic mass is 32.2. The van der Waals surface area contributed by atoms with Crippen LogP contribution >= 0.6 is 11.8 Å². The lowest BCUT2D eigenvalue weighted by atomic mass is 10.2. The van der Waals surface area contributed by atoms with E-state index in [1.165, 1.54) is 11.8 Å². The molecule has 1 atom stereocenters. The molecule has 0 saturated carbocycles. The van der Waals surface area contributed by atoms with E-state index in [0.29, 0.717) is 16.4 Å². The van der Waals surface area contributed by atoms with Crippen LogP contribution in [-0.4, -0.2) is 25.9 Å². The predicted octanol–water partition coefficient (Wildman–Crippen LogP) is 2.85. The second-order valence-electron chi connectivity index (χ2n) is 5.02. The first-order valence-corrected chi connectivity index (χ1v) is 7.77. The van der Waals surface area contributed by atoms with Gasteiger partial charge in [0.1, 0.15) is 12.4 Å². The molecule has 2 aromatic rings. The minimum Gasteiger partial charge on any atom is -0.324 e. The predicted molar refractivity (Wildman–Crippen MR) is 85.5 cm³/mol. The number of carbonyl (C=O) groups excluding carboxylic acids is 1. The molecule has 2 rings (SSSR count). The Bertz CT molecular complexity index is 704. The number of thioether (sulfide) groups is 1. The Hall–Kier alpha value is -2.33. The number of hydrogen-bond acceptors (Lipinski definition) is 5. The first kappa shape index (κ1) is 16.0. The molecule has 0 aliphatic heterocycles. The molecule has 1 N–H and O–H groups in total. The average molecular weight is 315 g/mol. The number of hydrogen-bond donors (Lipinski definition) is 1. The van der Waals surface area contributed by atoms with Crippen LogP contribution in [-0.2, 0) is 4.79 Å². The van der Waals surface area contributed by atoms with Crippen molar-refractivity contribution in [3.8, 4) is 6.07 Å². The summed E-state index contributed by atoms with van der Waals surface area (Å²) < 4.78 is 1.91. The molecule has 0 spiro atoms. The van der Waals surface area contributed by atoms with E-state index in [1.807, 2.05) is 18.4 Å². The summed E-state index contributed by atoms with van der Waals surface area (Å²) >= 11 is 1.34. The lowest BCUT2D eigenvalue weighted by Crippen LogP contribution is -2.23. The van der Waals surface area contributed by atoms with E-state index < -0.39 is 0 Å². The molecule has 22 heavy (non-hydrogen) atoms. The van der Waals surface area contributed by atoms with Crippen molar-refractivity contribution in [3.63, 3.8) is 0 Å². The molecule has 6 nitrogen and oxygen atoms in total. The number of nitrogens with one attached hydrogen (secondary N) is 1. The maximum Gasteiger partial charge on any atom is 0.237 e. The van der Waals surface area contributed by atoms with Gasteiger partial charge in [0, 0.05) is 6.04 Å². The Labute approximate surface area is 133 Å². The number of rotatable bonds is 5. The molecule has 0 saturated heterocycles. The summed E-state index contributed by atoms with van der Waals surface area (Å²) in [6.45, 7) is 5.86. The number of aromatic nitrogens is 3. The Morgan fingerprint density at radius 2 is 2.09 bits per heavy atom. The molecule has 7 heteroatoms. The lowest BCUT2D eigenvalue weighted by Gasteiger charge is -2.14. The number of benzene rings is 1. The van der Waals surface area contributed by atoms with Crippen LogP contribution in [0.3, 0.4) is 0 Å². The van der Waals surface area contributed by atoms with Gasteiger partial charge >= 0.3 is 0 Å². The molecule has 0 fully saturated rings. The first-order chi connectivity index (χ1) is 10.5. The molecule has 0 aliphatic rings. The van der Waals surface area contributed by atoms with Crippen LogP contribution in [0.15, 0.2) is 35.7 Å². The molecular formula is C15H17N5OS. The Balaban J connectivity index is 2.07. The third-order valence-electron chi connectivity index (χ3n) is 3.05. The Kier molecular flexibility index (Phi) is 5.17. The summed E-state index contributed by atoms with van der Waals surface area (Å²) in [4.78, 5) is 12.3. The normalized spacial score (nSPS) is 12.0. The van der Waals surface area contributed by atoms with Crippen molar-refractivity contribution in [2.24, 2.45) is 0 Å². The molecule has 1 aromatic heterocycles. The second-order valence-corrected chi connectivity index (χ2v) is 6.33. The van der Waals surface area contributed by atoms with E-state index in [2.05, 4.69) is 21.6 Å². The zero-order valence-electron chi connectivity index (χ0n) is 12.6. The molecule has 1 heterocycles. The van der Waals surface area contributed by atoms with Gasteiger partial charge in [0.15, 0.2) is 5.16 Å². The number of amides is 1.